The molecule has 3 heteroatoms. The van der Waals surface area contributed by atoms with Crippen molar-refractivity contribution in [1.29, 1.82) is 0 Å². The summed E-state index contributed by atoms with van der Waals surface area (Å²) in [5.41, 5.74) is 0.276. The van der Waals surface area contributed by atoms with Crippen molar-refractivity contribution in [1.82, 2.24) is 10.2 Å². The van der Waals surface area contributed by atoms with Crippen LogP contribution in [0.5, 0.6) is 0 Å². The number of hydrogen-bond acceptors (Lipinski definition) is 3. The van der Waals surface area contributed by atoms with E-state index >= 15 is 0 Å². The van der Waals surface area contributed by atoms with Gasteiger partial charge in [-0.2, -0.15) is 0 Å². The van der Waals surface area contributed by atoms with E-state index < -0.39 is 0 Å². The van der Waals surface area contributed by atoms with Crippen LogP contribution in [0.2, 0.25) is 0 Å². The molecule has 0 amide bonds. The first-order valence-corrected chi connectivity index (χ1v) is 8.22. The van der Waals surface area contributed by atoms with Gasteiger partial charge in [0.15, 0.2) is 0 Å². The number of rotatable bonds is 4. The zero-order valence-corrected chi connectivity index (χ0v) is 13.8. The monoisotopic (exact) mass is 280 g/mol. The molecule has 1 aromatic rings. The van der Waals surface area contributed by atoms with E-state index in [-0.39, 0.29) is 5.54 Å². The van der Waals surface area contributed by atoms with Gasteiger partial charge in [0.05, 0.1) is 6.04 Å². The smallest absolute Gasteiger partial charge is 0.0599 e. The molecule has 1 N–H and O–H groups in total. The van der Waals surface area contributed by atoms with Crippen molar-refractivity contribution in [3.05, 3.63) is 21.9 Å². The molecular formula is C16H28N2S. The van der Waals surface area contributed by atoms with E-state index in [9.17, 15) is 0 Å². The second-order valence-corrected chi connectivity index (χ2v) is 7.67. The molecule has 1 saturated carbocycles. The minimum Gasteiger partial charge on any atom is -0.311 e. The molecule has 2 nitrogen and oxygen atoms in total. The van der Waals surface area contributed by atoms with E-state index in [4.69, 9.17) is 0 Å². The molecule has 0 spiro atoms. The summed E-state index contributed by atoms with van der Waals surface area (Å²) in [5.74, 6) is 0.885. The van der Waals surface area contributed by atoms with E-state index in [1.807, 2.05) is 11.3 Å². The van der Waals surface area contributed by atoms with Crippen LogP contribution in [0, 0.1) is 12.8 Å². The van der Waals surface area contributed by atoms with Crippen molar-refractivity contribution in [3.8, 4) is 0 Å². The van der Waals surface area contributed by atoms with Gasteiger partial charge in [0.1, 0.15) is 0 Å². The van der Waals surface area contributed by atoms with Crippen molar-refractivity contribution in [2.45, 2.75) is 51.1 Å². The summed E-state index contributed by atoms with van der Waals surface area (Å²) in [6.07, 6.45) is 5.29. The summed E-state index contributed by atoms with van der Waals surface area (Å²) in [5, 5.41) is 3.61. The van der Waals surface area contributed by atoms with Gasteiger partial charge in [-0.15, -0.1) is 11.3 Å². The lowest BCUT2D eigenvalue weighted by molar-refractivity contribution is 0.0467. The van der Waals surface area contributed by atoms with E-state index in [2.05, 4.69) is 57.3 Å². The maximum atomic E-state index is 3.61. The summed E-state index contributed by atoms with van der Waals surface area (Å²) in [4.78, 5) is 5.37. The summed E-state index contributed by atoms with van der Waals surface area (Å²) in [7, 11) is 6.62. The van der Waals surface area contributed by atoms with Gasteiger partial charge in [-0.05, 0) is 71.8 Å². The van der Waals surface area contributed by atoms with Crippen LogP contribution in [-0.2, 0) is 0 Å². The molecule has 1 aromatic heterocycles. The molecule has 0 radical (unpaired) electrons. The van der Waals surface area contributed by atoms with E-state index in [0.29, 0.717) is 6.04 Å². The van der Waals surface area contributed by atoms with Crippen molar-refractivity contribution in [2.75, 3.05) is 21.1 Å². The average Bonchev–Trinajstić information content (AvgIpc) is 2.79. The highest BCUT2D eigenvalue weighted by molar-refractivity contribution is 7.12. The molecule has 1 unspecified atom stereocenters. The highest BCUT2D eigenvalue weighted by Crippen LogP contribution is 2.44. The van der Waals surface area contributed by atoms with Crippen LogP contribution in [0.4, 0.5) is 0 Å². The summed E-state index contributed by atoms with van der Waals surface area (Å²) < 4.78 is 0. The molecule has 1 heterocycles. The number of hydrogen-bond donors (Lipinski definition) is 1. The predicted molar refractivity (Wildman–Crippen MR) is 84.9 cm³/mol. The van der Waals surface area contributed by atoms with Crippen LogP contribution in [0.25, 0.3) is 0 Å². The first kappa shape index (κ1) is 15.0. The standard InChI is InChI=1S/C16H28N2S/c1-12-8-10-16(11-9-12,18(4)5)15(17-3)14-7-6-13(2)19-14/h6-7,12,15,17H,8-11H2,1-5H3. The van der Waals surface area contributed by atoms with Crippen molar-refractivity contribution in [2.24, 2.45) is 5.92 Å². The second-order valence-electron chi connectivity index (χ2n) is 6.35. The largest absolute Gasteiger partial charge is 0.311 e. The van der Waals surface area contributed by atoms with E-state index in [1.165, 1.54) is 35.4 Å². The molecule has 0 saturated heterocycles. The maximum Gasteiger partial charge on any atom is 0.0599 e. The Morgan fingerprint density at radius 1 is 1.32 bits per heavy atom. The number of nitrogens with zero attached hydrogens (tertiary/aromatic N) is 1. The molecule has 19 heavy (non-hydrogen) atoms. The van der Waals surface area contributed by atoms with E-state index in [0.717, 1.165) is 5.92 Å². The van der Waals surface area contributed by atoms with Crippen LogP contribution in [0.1, 0.15) is 48.4 Å². The third kappa shape index (κ3) is 2.88. The number of nitrogens with one attached hydrogen (secondary N) is 1. The molecule has 0 aromatic carbocycles. The van der Waals surface area contributed by atoms with Gasteiger partial charge in [0, 0.05) is 15.3 Å². The van der Waals surface area contributed by atoms with Gasteiger partial charge >= 0.3 is 0 Å². The first-order valence-electron chi connectivity index (χ1n) is 7.40. The van der Waals surface area contributed by atoms with Crippen LogP contribution in [0.15, 0.2) is 12.1 Å². The third-order valence-electron chi connectivity index (χ3n) is 4.90. The highest BCUT2D eigenvalue weighted by atomic mass is 32.1. The molecule has 0 aliphatic heterocycles. The van der Waals surface area contributed by atoms with Gasteiger partial charge in [0.25, 0.3) is 0 Å². The Morgan fingerprint density at radius 2 is 1.95 bits per heavy atom. The fourth-order valence-electron chi connectivity index (χ4n) is 3.54. The Kier molecular flexibility index (Phi) is 4.70. The molecule has 1 atom stereocenters. The zero-order valence-electron chi connectivity index (χ0n) is 13.0. The fraction of sp³-hybridized carbons (Fsp3) is 0.750. The van der Waals surface area contributed by atoms with Gasteiger partial charge in [-0.3, -0.25) is 0 Å². The van der Waals surface area contributed by atoms with Crippen molar-refractivity contribution < 1.29 is 0 Å². The summed E-state index contributed by atoms with van der Waals surface area (Å²) in [6.45, 7) is 4.59. The van der Waals surface area contributed by atoms with Crippen molar-refractivity contribution in [3.63, 3.8) is 0 Å². The normalized spacial score (nSPS) is 29.7. The third-order valence-corrected chi connectivity index (χ3v) is 5.97. The lowest BCUT2D eigenvalue weighted by atomic mass is 9.71. The quantitative estimate of drug-likeness (QED) is 0.902. The van der Waals surface area contributed by atoms with Gasteiger partial charge in [0.2, 0.25) is 0 Å². The minimum atomic E-state index is 0.276. The number of aryl methyl sites for hydroxylation is 1. The van der Waals surface area contributed by atoms with Crippen LogP contribution >= 0.6 is 11.3 Å². The van der Waals surface area contributed by atoms with Gasteiger partial charge in [-0.25, -0.2) is 0 Å². The van der Waals surface area contributed by atoms with Gasteiger partial charge < -0.3 is 10.2 Å². The maximum absolute atomic E-state index is 3.61. The van der Waals surface area contributed by atoms with Crippen LogP contribution < -0.4 is 5.32 Å². The second kappa shape index (κ2) is 5.94. The number of thiophene rings is 1. The highest BCUT2D eigenvalue weighted by Gasteiger charge is 2.43. The predicted octanol–water partition coefficient (Wildman–Crippen LogP) is 3.83. The molecule has 108 valence electrons. The molecular weight excluding hydrogens is 252 g/mol. The SMILES string of the molecule is CNC(c1ccc(C)s1)C1(N(C)C)CCC(C)CC1. The van der Waals surface area contributed by atoms with Gasteiger partial charge in [-0.1, -0.05) is 6.92 Å². The zero-order chi connectivity index (χ0) is 14.0. The average molecular weight is 280 g/mol. The van der Waals surface area contributed by atoms with Crippen LogP contribution in [0.3, 0.4) is 0 Å². The lowest BCUT2D eigenvalue weighted by Crippen LogP contribution is -2.54. The van der Waals surface area contributed by atoms with Crippen LogP contribution in [-0.4, -0.2) is 31.6 Å². The Balaban J connectivity index is 2.31. The molecule has 1 aliphatic rings. The van der Waals surface area contributed by atoms with Crippen molar-refractivity contribution >= 4 is 11.3 Å². The Bertz CT molecular complexity index is 403. The Hall–Kier alpha value is -0.380. The Labute approximate surface area is 122 Å². The molecule has 1 fully saturated rings. The summed E-state index contributed by atoms with van der Waals surface area (Å²) >= 11 is 1.94. The first-order chi connectivity index (χ1) is 8.99. The lowest BCUT2D eigenvalue weighted by Gasteiger charge is -2.49. The topological polar surface area (TPSA) is 15.3 Å². The molecule has 0 bridgehead atoms. The fourth-order valence-corrected chi connectivity index (χ4v) is 4.64. The minimum absolute atomic E-state index is 0.276. The number of likely N-dealkylation sites (N-methyl/N-ethyl adjacent to an activating group) is 2. The Morgan fingerprint density at radius 3 is 2.37 bits per heavy atom. The van der Waals surface area contributed by atoms with E-state index in [1.54, 1.807) is 0 Å². The summed E-state index contributed by atoms with van der Waals surface area (Å²) in [6, 6.07) is 5.01. The molecule has 1 aliphatic carbocycles. The molecule has 2 rings (SSSR count).